The zero-order valence-corrected chi connectivity index (χ0v) is 12.3. The quantitative estimate of drug-likeness (QED) is 0.644. The van der Waals surface area contributed by atoms with Gasteiger partial charge in [0.05, 0.1) is 4.88 Å². The molecule has 0 spiro atoms. The van der Waals surface area contributed by atoms with Gasteiger partial charge in [0, 0.05) is 0 Å². The van der Waals surface area contributed by atoms with Gasteiger partial charge in [0.25, 0.3) is 5.91 Å². The lowest BCUT2D eigenvalue weighted by Crippen LogP contribution is -2.45. The Hall–Kier alpha value is -1.62. The molecule has 1 heterocycles. The van der Waals surface area contributed by atoms with Gasteiger partial charge in [0.1, 0.15) is 12.6 Å². The Morgan fingerprint density at radius 2 is 2.16 bits per heavy atom. The molecule has 1 atom stereocenters. The number of amides is 1. The van der Waals surface area contributed by atoms with Crippen molar-refractivity contribution in [2.24, 2.45) is 5.92 Å². The van der Waals surface area contributed by atoms with E-state index in [4.69, 9.17) is 4.74 Å². The van der Waals surface area contributed by atoms with Gasteiger partial charge in [-0.3, -0.25) is 4.79 Å². The summed E-state index contributed by atoms with van der Waals surface area (Å²) < 4.78 is 5.10. The monoisotopic (exact) mass is 281 g/mol. The van der Waals surface area contributed by atoms with Crippen molar-refractivity contribution in [2.75, 3.05) is 6.61 Å². The Labute approximate surface area is 117 Å². The molecule has 0 fully saturated rings. The summed E-state index contributed by atoms with van der Waals surface area (Å²) in [6, 6.07) is 2.87. The molecule has 0 saturated carbocycles. The predicted octanol–water partition coefficient (Wildman–Crippen LogP) is 2.62. The molecule has 0 saturated heterocycles. The van der Waals surface area contributed by atoms with Gasteiger partial charge in [0.2, 0.25) is 0 Å². The summed E-state index contributed by atoms with van der Waals surface area (Å²) in [6.45, 7) is 9.35. The number of ether oxygens (including phenoxy) is 1. The summed E-state index contributed by atoms with van der Waals surface area (Å²) in [5, 5.41) is 4.53. The summed E-state index contributed by atoms with van der Waals surface area (Å²) in [4.78, 5) is 24.4. The molecule has 0 aliphatic carbocycles. The molecular weight excluding hydrogens is 262 g/mol. The van der Waals surface area contributed by atoms with Crippen LogP contribution in [0.2, 0.25) is 0 Å². The van der Waals surface area contributed by atoms with E-state index in [0.717, 1.165) is 5.57 Å². The highest BCUT2D eigenvalue weighted by molar-refractivity contribution is 7.12. The molecule has 0 bridgehead atoms. The number of nitrogens with one attached hydrogen (secondary N) is 1. The van der Waals surface area contributed by atoms with E-state index >= 15 is 0 Å². The van der Waals surface area contributed by atoms with Gasteiger partial charge in [-0.2, -0.15) is 0 Å². The fourth-order valence-electron chi connectivity index (χ4n) is 1.40. The highest BCUT2D eigenvalue weighted by Gasteiger charge is 2.26. The van der Waals surface area contributed by atoms with Crippen LogP contribution < -0.4 is 5.32 Å². The van der Waals surface area contributed by atoms with Crippen LogP contribution in [0.3, 0.4) is 0 Å². The molecule has 104 valence electrons. The van der Waals surface area contributed by atoms with Crippen LogP contribution in [0.4, 0.5) is 0 Å². The second kappa shape index (κ2) is 7.09. The van der Waals surface area contributed by atoms with Gasteiger partial charge in [-0.05, 0) is 29.9 Å². The average Bonchev–Trinajstić information content (AvgIpc) is 2.86. The van der Waals surface area contributed by atoms with Crippen molar-refractivity contribution >= 4 is 23.2 Å². The molecule has 1 rings (SSSR count). The van der Waals surface area contributed by atoms with E-state index in [1.54, 1.807) is 19.1 Å². The van der Waals surface area contributed by atoms with Crippen molar-refractivity contribution in [3.63, 3.8) is 0 Å². The van der Waals surface area contributed by atoms with Gasteiger partial charge in [-0.15, -0.1) is 11.3 Å². The molecule has 4 nitrogen and oxygen atoms in total. The number of thiophene rings is 1. The van der Waals surface area contributed by atoms with E-state index in [1.807, 2.05) is 19.2 Å². The first kappa shape index (κ1) is 15.4. The Morgan fingerprint density at radius 3 is 2.63 bits per heavy atom. The Morgan fingerprint density at radius 1 is 1.47 bits per heavy atom. The molecule has 0 aliphatic rings. The summed E-state index contributed by atoms with van der Waals surface area (Å²) in [7, 11) is 0. The SMILES string of the molecule is C=C(C)COC(=O)C(NC(=O)c1cccs1)C(C)C. The summed E-state index contributed by atoms with van der Waals surface area (Å²) >= 11 is 1.34. The van der Waals surface area contributed by atoms with Crippen LogP contribution in [0, 0.1) is 5.92 Å². The number of rotatable bonds is 6. The van der Waals surface area contributed by atoms with E-state index in [9.17, 15) is 9.59 Å². The van der Waals surface area contributed by atoms with Crippen molar-refractivity contribution in [3.8, 4) is 0 Å². The molecule has 19 heavy (non-hydrogen) atoms. The van der Waals surface area contributed by atoms with Crippen molar-refractivity contribution < 1.29 is 14.3 Å². The first-order valence-corrected chi connectivity index (χ1v) is 6.95. The first-order valence-electron chi connectivity index (χ1n) is 6.07. The van der Waals surface area contributed by atoms with Gasteiger partial charge in [-0.25, -0.2) is 4.79 Å². The molecule has 1 aromatic rings. The zero-order chi connectivity index (χ0) is 14.4. The number of carbonyl (C=O) groups is 2. The fraction of sp³-hybridized carbons (Fsp3) is 0.429. The van der Waals surface area contributed by atoms with Crippen molar-refractivity contribution in [1.82, 2.24) is 5.32 Å². The molecule has 5 heteroatoms. The molecule has 1 N–H and O–H groups in total. The fourth-order valence-corrected chi connectivity index (χ4v) is 2.03. The lowest BCUT2D eigenvalue weighted by atomic mass is 10.0. The Bertz CT molecular complexity index is 451. The zero-order valence-electron chi connectivity index (χ0n) is 11.4. The smallest absolute Gasteiger partial charge is 0.329 e. The number of carbonyl (C=O) groups excluding carboxylic acids is 2. The van der Waals surface area contributed by atoms with Gasteiger partial charge in [-0.1, -0.05) is 26.5 Å². The normalized spacial score (nSPS) is 12.0. The van der Waals surface area contributed by atoms with Crippen LogP contribution >= 0.6 is 11.3 Å². The maximum absolute atomic E-state index is 11.9. The van der Waals surface area contributed by atoms with Crippen LogP contribution in [-0.2, 0) is 9.53 Å². The number of esters is 1. The van der Waals surface area contributed by atoms with Crippen LogP contribution in [-0.4, -0.2) is 24.5 Å². The second-order valence-corrected chi connectivity index (χ2v) is 5.68. The minimum atomic E-state index is -0.644. The molecule has 1 aromatic heterocycles. The minimum Gasteiger partial charge on any atom is -0.460 e. The molecule has 0 radical (unpaired) electrons. The third-order valence-electron chi connectivity index (χ3n) is 2.41. The van der Waals surface area contributed by atoms with Crippen LogP contribution in [0.1, 0.15) is 30.4 Å². The molecular formula is C14H19NO3S. The number of hydrogen-bond acceptors (Lipinski definition) is 4. The third-order valence-corrected chi connectivity index (χ3v) is 3.28. The van der Waals surface area contributed by atoms with E-state index < -0.39 is 12.0 Å². The molecule has 1 amide bonds. The van der Waals surface area contributed by atoms with Crippen LogP contribution in [0.5, 0.6) is 0 Å². The summed E-state index contributed by atoms with van der Waals surface area (Å²) in [5.74, 6) is -0.717. The van der Waals surface area contributed by atoms with E-state index in [-0.39, 0.29) is 18.4 Å². The second-order valence-electron chi connectivity index (χ2n) is 4.74. The molecule has 0 aromatic carbocycles. The summed E-state index contributed by atoms with van der Waals surface area (Å²) in [6.07, 6.45) is 0. The van der Waals surface area contributed by atoms with Crippen molar-refractivity contribution in [1.29, 1.82) is 0 Å². The van der Waals surface area contributed by atoms with E-state index in [0.29, 0.717) is 4.88 Å². The predicted molar refractivity (Wildman–Crippen MR) is 76.2 cm³/mol. The van der Waals surface area contributed by atoms with Crippen molar-refractivity contribution in [3.05, 3.63) is 34.5 Å². The van der Waals surface area contributed by atoms with E-state index in [2.05, 4.69) is 11.9 Å². The summed E-state index contributed by atoms with van der Waals surface area (Å²) in [5.41, 5.74) is 0.764. The Balaban J connectivity index is 2.65. The molecule has 1 unspecified atom stereocenters. The third kappa shape index (κ3) is 4.87. The highest BCUT2D eigenvalue weighted by Crippen LogP contribution is 2.11. The first-order chi connectivity index (χ1) is 8.91. The van der Waals surface area contributed by atoms with Crippen LogP contribution in [0.25, 0.3) is 0 Å². The lowest BCUT2D eigenvalue weighted by molar-refractivity contribution is -0.146. The highest BCUT2D eigenvalue weighted by atomic mass is 32.1. The lowest BCUT2D eigenvalue weighted by Gasteiger charge is -2.20. The van der Waals surface area contributed by atoms with Crippen molar-refractivity contribution in [2.45, 2.75) is 26.8 Å². The Kier molecular flexibility index (Phi) is 5.76. The standard InChI is InChI=1S/C14H19NO3S/c1-9(2)8-18-14(17)12(10(3)4)15-13(16)11-6-5-7-19-11/h5-7,10,12H,1,8H2,2-4H3,(H,15,16). The molecule has 0 aliphatic heterocycles. The van der Waals surface area contributed by atoms with Gasteiger partial charge < -0.3 is 10.1 Å². The van der Waals surface area contributed by atoms with Gasteiger partial charge >= 0.3 is 5.97 Å². The van der Waals surface area contributed by atoms with Gasteiger partial charge in [0.15, 0.2) is 0 Å². The average molecular weight is 281 g/mol. The maximum Gasteiger partial charge on any atom is 0.329 e. The van der Waals surface area contributed by atoms with E-state index in [1.165, 1.54) is 11.3 Å². The maximum atomic E-state index is 11.9. The number of hydrogen-bond donors (Lipinski definition) is 1. The topological polar surface area (TPSA) is 55.4 Å². The minimum absolute atomic E-state index is 0.0402. The largest absolute Gasteiger partial charge is 0.460 e. The van der Waals surface area contributed by atoms with Crippen LogP contribution in [0.15, 0.2) is 29.7 Å².